The van der Waals surface area contributed by atoms with E-state index in [0.29, 0.717) is 21.3 Å². The van der Waals surface area contributed by atoms with Gasteiger partial charge in [0.15, 0.2) is 0 Å². The third kappa shape index (κ3) is 8.09. The van der Waals surface area contributed by atoms with Crippen LogP contribution in [0.25, 0.3) is 0 Å². The highest BCUT2D eigenvalue weighted by molar-refractivity contribution is 7.92. The van der Waals surface area contributed by atoms with Gasteiger partial charge in [0.05, 0.1) is 20.6 Å². The second-order valence-electron chi connectivity index (χ2n) is 9.89. The van der Waals surface area contributed by atoms with Crippen molar-refractivity contribution in [3.63, 3.8) is 0 Å². The number of anilines is 1. The summed E-state index contributed by atoms with van der Waals surface area (Å²) >= 11 is 18.4. The minimum absolute atomic E-state index is 0.0244. The van der Waals surface area contributed by atoms with E-state index in [0.717, 1.165) is 15.4 Å². The predicted molar refractivity (Wildman–Crippen MR) is 172 cm³/mol. The molecule has 0 fully saturated rings. The van der Waals surface area contributed by atoms with E-state index >= 15 is 0 Å². The SMILES string of the molecule is CNC(=O)[C@H](Cc1ccccc1)N(Cc1ccc(Cl)c(Cl)c1)C(=O)CN(c1ccc(C)cc1)S(=O)(=O)c1ccc(Cl)cc1. The molecule has 7 nitrogen and oxygen atoms in total. The lowest BCUT2D eigenvalue weighted by atomic mass is 10.0. The molecule has 0 aliphatic heterocycles. The largest absolute Gasteiger partial charge is 0.357 e. The van der Waals surface area contributed by atoms with Gasteiger partial charge in [-0.2, -0.15) is 0 Å². The number of benzene rings is 4. The molecule has 0 saturated heterocycles. The maximum atomic E-state index is 14.3. The van der Waals surface area contributed by atoms with E-state index in [2.05, 4.69) is 5.32 Å². The lowest BCUT2D eigenvalue weighted by Gasteiger charge is -2.33. The van der Waals surface area contributed by atoms with Crippen LogP contribution in [0.5, 0.6) is 0 Å². The molecular weight excluding hydrogens is 629 g/mol. The molecule has 4 aromatic carbocycles. The van der Waals surface area contributed by atoms with E-state index in [1.54, 1.807) is 42.5 Å². The Bertz CT molecular complexity index is 1680. The van der Waals surface area contributed by atoms with Crippen molar-refractivity contribution in [2.75, 3.05) is 17.9 Å². The van der Waals surface area contributed by atoms with Crippen LogP contribution in [0.15, 0.2) is 102 Å². The Morgan fingerprint density at radius 3 is 2.07 bits per heavy atom. The van der Waals surface area contributed by atoms with Crippen LogP contribution in [0.4, 0.5) is 5.69 Å². The molecule has 4 aromatic rings. The molecule has 224 valence electrons. The van der Waals surface area contributed by atoms with E-state index in [4.69, 9.17) is 34.8 Å². The zero-order chi connectivity index (χ0) is 31.1. The van der Waals surface area contributed by atoms with Crippen LogP contribution in [0.2, 0.25) is 15.1 Å². The van der Waals surface area contributed by atoms with Crippen LogP contribution >= 0.6 is 34.8 Å². The summed E-state index contributed by atoms with van der Waals surface area (Å²) in [5.41, 5.74) is 2.66. The number of nitrogens with zero attached hydrogens (tertiary/aromatic N) is 2. The van der Waals surface area contributed by atoms with Gasteiger partial charge in [-0.1, -0.05) is 88.9 Å². The first-order valence-electron chi connectivity index (χ1n) is 13.3. The number of hydrogen-bond acceptors (Lipinski definition) is 4. The topological polar surface area (TPSA) is 86.8 Å². The second kappa shape index (κ2) is 14.3. The van der Waals surface area contributed by atoms with Crippen molar-refractivity contribution >= 4 is 62.3 Å². The summed E-state index contributed by atoms with van der Waals surface area (Å²) in [6.45, 7) is 1.28. The smallest absolute Gasteiger partial charge is 0.264 e. The fourth-order valence-electron chi connectivity index (χ4n) is 4.53. The van der Waals surface area contributed by atoms with Gasteiger partial charge in [-0.3, -0.25) is 13.9 Å². The number of carbonyl (C=O) groups is 2. The molecule has 11 heteroatoms. The molecule has 2 amide bonds. The van der Waals surface area contributed by atoms with E-state index in [1.165, 1.54) is 36.2 Å². The van der Waals surface area contributed by atoms with E-state index in [9.17, 15) is 18.0 Å². The van der Waals surface area contributed by atoms with Crippen LogP contribution in [0, 0.1) is 6.92 Å². The average Bonchev–Trinajstić information content (AvgIpc) is 3.00. The fraction of sp³-hybridized carbons (Fsp3) is 0.188. The number of amides is 2. The van der Waals surface area contributed by atoms with Crippen molar-refractivity contribution in [2.24, 2.45) is 0 Å². The Morgan fingerprint density at radius 2 is 1.47 bits per heavy atom. The minimum Gasteiger partial charge on any atom is -0.357 e. The lowest BCUT2D eigenvalue weighted by molar-refractivity contribution is -0.139. The van der Waals surface area contributed by atoms with Gasteiger partial charge in [-0.25, -0.2) is 8.42 Å². The third-order valence-electron chi connectivity index (χ3n) is 6.86. The Kier molecular flexibility index (Phi) is 10.7. The number of hydrogen-bond donors (Lipinski definition) is 1. The second-order valence-corrected chi connectivity index (χ2v) is 13.0. The van der Waals surface area contributed by atoms with Crippen LogP contribution in [-0.2, 0) is 32.6 Å². The van der Waals surface area contributed by atoms with Crippen molar-refractivity contribution < 1.29 is 18.0 Å². The van der Waals surface area contributed by atoms with Gasteiger partial charge in [0.1, 0.15) is 12.6 Å². The number of halogens is 3. The quantitative estimate of drug-likeness (QED) is 0.198. The molecule has 0 spiro atoms. The standard InChI is InChI=1S/C32H30Cl3N3O4S/c1-22-8-13-26(14-9-22)38(43(41,42)27-15-11-25(33)12-16-27)21-31(39)37(20-24-10-17-28(34)29(35)18-24)30(32(40)36-2)19-23-6-4-3-5-7-23/h3-18,30H,19-21H2,1-2H3,(H,36,40)/t30-/m0/s1. The van der Waals surface area contributed by atoms with Gasteiger partial charge in [0, 0.05) is 25.0 Å². The third-order valence-corrected chi connectivity index (χ3v) is 9.64. The van der Waals surface area contributed by atoms with Gasteiger partial charge in [0.25, 0.3) is 10.0 Å². The first-order valence-corrected chi connectivity index (χ1v) is 15.9. The molecule has 1 N–H and O–H groups in total. The number of aryl methyl sites for hydroxylation is 1. The fourth-order valence-corrected chi connectivity index (χ4v) is 6.39. The maximum Gasteiger partial charge on any atom is 0.264 e. The summed E-state index contributed by atoms with van der Waals surface area (Å²) in [5.74, 6) is -0.992. The Labute approximate surface area is 267 Å². The van der Waals surface area contributed by atoms with Crippen LogP contribution in [0.3, 0.4) is 0 Å². The van der Waals surface area contributed by atoms with E-state index < -0.39 is 34.4 Å². The van der Waals surface area contributed by atoms with Crippen molar-refractivity contribution in [3.8, 4) is 0 Å². The van der Waals surface area contributed by atoms with Crippen LogP contribution < -0.4 is 9.62 Å². The van der Waals surface area contributed by atoms with E-state index in [1.807, 2.05) is 37.3 Å². The van der Waals surface area contributed by atoms with Gasteiger partial charge < -0.3 is 10.2 Å². The Balaban J connectivity index is 1.79. The highest BCUT2D eigenvalue weighted by Crippen LogP contribution is 2.27. The molecule has 0 unspecified atom stereocenters. The molecule has 0 aliphatic rings. The summed E-state index contributed by atoms with van der Waals surface area (Å²) in [4.78, 5) is 29.0. The molecule has 0 radical (unpaired) electrons. The van der Waals surface area contributed by atoms with Crippen molar-refractivity contribution in [2.45, 2.75) is 30.8 Å². The van der Waals surface area contributed by atoms with Crippen molar-refractivity contribution in [3.05, 3.63) is 129 Å². The number of rotatable bonds is 11. The summed E-state index contributed by atoms with van der Waals surface area (Å²) in [7, 11) is -2.73. The molecule has 0 aromatic heterocycles. The van der Waals surface area contributed by atoms with E-state index in [-0.39, 0.29) is 22.9 Å². The zero-order valence-electron chi connectivity index (χ0n) is 23.5. The summed E-state index contributed by atoms with van der Waals surface area (Å²) in [6.07, 6.45) is 0.196. The predicted octanol–water partition coefficient (Wildman–Crippen LogP) is 6.54. The Morgan fingerprint density at radius 1 is 0.814 bits per heavy atom. The number of sulfonamides is 1. The lowest BCUT2D eigenvalue weighted by Crippen LogP contribution is -2.53. The summed E-state index contributed by atoms with van der Waals surface area (Å²) < 4.78 is 29.0. The number of likely N-dealkylation sites (N-methyl/N-ethyl adjacent to an activating group) is 1. The molecule has 0 bridgehead atoms. The van der Waals surface area contributed by atoms with Gasteiger partial charge in [0.2, 0.25) is 11.8 Å². The summed E-state index contributed by atoms with van der Waals surface area (Å²) in [6, 6.07) is 25.8. The first kappa shape index (κ1) is 32.4. The normalized spacial score (nSPS) is 11.9. The zero-order valence-corrected chi connectivity index (χ0v) is 26.6. The van der Waals surface area contributed by atoms with Crippen molar-refractivity contribution in [1.29, 1.82) is 0 Å². The van der Waals surface area contributed by atoms with Gasteiger partial charge >= 0.3 is 0 Å². The maximum absolute atomic E-state index is 14.3. The van der Waals surface area contributed by atoms with Crippen molar-refractivity contribution in [1.82, 2.24) is 10.2 Å². The monoisotopic (exact) mass is 657 g/mol. The molecule has 1 atom stereocenters. The van der Waals surface area contributed by atoms with Crippen LogP contribution in [0.1, 0.15) is 16.7 Å². The minimum atomic E-state index is -4.22. The molecule has 0 saturated carbocycles. The average molecular weight is 659 g/mol. The highest BCUT2D eigenvalue weighted by Gasteiger charge is 2.34. The first-order chi connectivity index (χ1) is 20.5. The van der Waals surface area contributed by atoms with Crippen LogP contribution in [-0.4, -0.2) is 44.8 Å². The molecular formula is C32H30Cl3N3O4S. The number of carbonyl (C=O) groups excluding carboxylic acids is 2. The molecule has 4 rings (SSSR count). The van der Waals surface area contributed by atoms with Gasteiger partial charge in [-0.15, -0.1) is 0 Å². The molecule has 43 heavy (non-hydrogen) atoms. The van der Waals surface area contributed by atoms with Gasteiger partial charge in [-0.05, 0) is 66.6 Å². The molecule has 0 aliphatic carbocycles. The number of nitrogens with one attached hydrogen (secondary N) is 1. The summed E-state index contributed by atoms with van der Waals surface area (Å²) in [5, 5.41) is 3.66. The highest BCUT2D eigenvalue weighted by atomic mass is 35.5. The molecule has 0 heterocycles. The Hall–Kier alpha value is -3.56.